The van der Waals surface area contributed by atoms with Gasteiger partial charge in [0.2, 0.25) is 0 Å². The number of nitrogens with one attached hydrogen (secondary N) is 1. The lowest BCUT2D eigenvalue weighted by Gasteiger charge is -2.22. The fourth-order valence-electron chi connectivity index (χ4n) is 2.68. The number of carbonyl (C=O) groups excluding carboxylic acids is 1. The SMILES string of the molecule is CCSC1CCCC1Nc1cccc(C(=O)OC)c1N. The zero-order valence-corrected chi connectivity index (χ0v) is 12.8. The Labute approximate surface area is 124 Å². The normalized spacial score (nSPS) is 21.7. The van der Waals surface area contributed by atoms with Gasteiger partial charge in [0.15, 0.2) is 0 Å². The molecule has 3 N–H and O–H groups in total. The van der Waals surface area contributed by atoms with E-state index < -0.39 is 5.97 Å². The van der Waals surface area contributed by atoms with Crippen molar-refractivity contribution in [3.63, 3.8) is 0 Å². The Kier molecular flexibility index (Phi) is 5.17. The molecule has 4 nitrogen and oxygen atoms in total. The predicted molar refractivity (Wildman–Crippen MR) is 85.4 cm³/mol. The summed E-state index contributed by atoms with van der Waals surface area (Å²) >= 11 is 1.99. The first-order valence-electron chi connectivity index (χ1n) is 7.02. The average Bonchev–Trinajstić information content (AvgIpc) is 2.88. The molecule has 1 aliphatic rings. The summed E-state index contributed by atoms with van der Waals surface area (Å²) in [6, 6.07) is 5.88. The second kappa shape index (κ2) is 6.88. The number of anilines is 2. The van der Waals surface area contributed by atoms with Crippen molar-refractivity contribution >= 4 is 29.1 Å². The largest absolute Gasteiger partial charge is 0.465 e. The predicted octanol–water partition coefficient (Wildman–Crippen LogP) is 3.14. The zero-order valence-electron chi connectivity index (χ0n) is 12.0. The Morgan fingerprint density at radius 1 is 1.50 bits per heavy atom. The van der Waals surface area contributed by atoms with E-state index in [9.17, 15) is 4.79 Å². The minimum Gasteiger partial charge on any atom is -0.465 e. The first-order valence-corrected chi connectivity index (χ1v) is 8.07. The Balaban J connectivity index is 2.15. The third-order valence-corrected chi connectivity index (χ3v) is 5.01. The van der Waals surface area contributed by atoms with Crippen molar-refractivity contribution in [1.29, 1.82) is 0 Å². The van der Waals surface area contributed by atoms with E-state index >= 15 is 0 Å². The van der Waals surface area contributed by atoms with Gasteiger partial charge >= 0.3 is 5.97 Å². The molecule has 1 aromatic carbocycles. The Morgan fingerprint density at radius 2 is 2.30 bits per heavy atom. The van der Waals surface area contributed by atoms with Gasteiger partial charge in [0.05, 0.1) is 24.0 Å². The minimum atomic E-state index is -0.392. The molecule has 0 bridgehead atoms. The van der Waals surface area contributed by atoms with Crippen LogP contribution < -0.4 is 11.1 Å². The van der Waals surface area contributed by atoms with Gasteiger partial charge in [-0.05, 0) is 30.7 Å². The molecule has 5 heteroatoms. The van der Waals surface area contributed by atoms with Gasteiger partial charge in [0.1, 0.15) is 0 Å². The van der Waals surface area contributed by atoms with E-state index in [4.69, 9.17) is 10.5 Å². The van der Waals surface area contributed by atoms with Gasteiger partial charge in [-0.15, -0.1) is 0 Å². The van der Waals surface area contributed by atoms with Crippen LogP contribution in [0, 0.1) is 0 Å². The molecule has 1 fully saturated rings. The summed E-state index contributed by atoms with van der Waals surface area (Å²) in [5, 5.41) is 4.14. The van der Waals surface area contributed by atoms with Crippen LogP contribution in [0.15, 0.2) is 18.2 Å². The third-order valence-electron chi connectivity index (χ3n) is 3.69. The molecular formula is C15H22N2O2S. The van der Waals surface area contributed by atoms with Crippen molar-refractivity contribution in [3.8, 4) is 0 Å². The Morgan fingerprint density at radius 3 is 3.00 bits per heavy atom. The van der Waals surface area contributed by atoms with Crippen LogP contribution in [0.1, 0.15) is 36.5 Å². The number of nitrogens with two attached hydrogens (primary N) is 1. The fourth-order valence-corrected chi connectivity index (χ4v) is 3.88. The van der Waals surface area contributed by atoms with Gasteiger partial charge in [-0.1, -0.05) is 19.4 Å². The topological polar surface area (TPSA) is 64.3 Å². The number of carbonyl (C=O) groups is 1. The smallest absolute Gasteiger partial charge is 0.340 e. The van der Waals surface area contributed by atoms with E-state index in [2.05, 4.69) is 12.2 Å². The quantitative estimate of drug-likeness (QED) is 0.645. The van der Waals surface area contributed by atoms with Crippen LogP contribution in [0.5, 0.6) is 0 Å². The molecule has 0 aliphatic heterocycles. The second-order valence-corrected chi connectivity index (χ2v) is 6.45. The molecule has 1 aromatic rings. The van der Waals surface area contributed by atoms with Crippen LogP contribution in [0.3, 0.4) is 0 Å². The highest BCUT2D eigenvalue weighted by molar-refractivity contribution is 7.99. The molecule has 0 saturated heterocycles. The summed E-state index contributed by atoms with van der Waals surface area (Å²) in [5.74, 6) is 0.734. The van der Waals surface area contributed by atoms with Crippen LogP contribution in [0.2, 0.25) is 0 Å². The molecular weight excluding hydrogens is 272 g/mol. The average molecular weight is 294 g/mol. The van der Waals surface area contributed by atoms with E-state index in [1.807, 2.05) is 23.9 Å². The number of hydrogen-bond acceptors (Lipinski definition) is 5. The molecule has 0 amide bonds. The summed E-state index contributed by atoms with van der Waals surface area (Å²) in [4.78, 5) is 11.7. The number of hydrogen-bond donors (Lipinski definition) is 2. The standard InChI is InChI=1S/C15H22N2O2S/c1-3-20-13-9-5-7-11(13)17-12-8-4-6-10(14(12)16)15(18)19-2/h4,6,8,11,13,17H,3,5,7,9,16H2,1-2H3. The third kappa shape index (κ3) is 3.20. The summed E-state index contributed by atoms with van der Waals surface area (Å²) in [6.45, 7) is 2.19. The molecule has 1 aliphatic carbocycles. The van der Waals surface area contributed by atoms with E-state index in [1.54, 1.807) is 6.07 Å². The van der Waals surface area contributed by atoms with E-state index in [1.165, 1.54) is 20.0 Å². The number of esters is 1. The lowest BCUT2D eigenvalue weighted by Crippen LogP contribution is -2.27. The van der Waals surface area contributed by atoms with Crippen molar-refractivity contribution in [2.24, 2.45) is 0 Å². The molecule has 0 heterocycles. The van der Waals surface area contributed by atoms with Gasteiger partial charge in [-0.25, -0.2) is 4.79 Å². The van der Waals surface area contributed by atoms with Crippen molar-refractivity contribution in [3.05, 3.63) is 23.8 Å². The van der Waals surface area contributed by atoms with Crippen LogP contribution in [-0.2, 0) is 4.74 Å². The Hall–Kier alpha value is -1.36. The number of ether oxygens (including phenoxy) is 1. The number of para-hydroxylation sites is 1. The number of benzene rings is 1. The molecule has 0 spiro atoms. The molecule has 20 heavy (non-hydrogen) atoms. The van der Waals surface area contributed by atoms with Crippen molar-refractivity contribution in [2.75, 3.05) is 23.9 Å². The first kappa shape index (κ1) is 15.0. The molecule has 0 aromatic heterocycles. The summed E-state index contributed by atoms with van der Waals surface area (Å²) < 4.78 is 4.75. The summed E-state index contributed by atoms with van der Waals surface area (Å²) in [7, 11) is 1.37. The highest BCUT2D eigenvalue weighted by atomic mass is 32.2. The maximum absolute atomic E-state index is 11.7. The van der Waals surface area contributed by atoms with Crippen LogP contribution in [-0.4, -0.2) is 30.1 Å². The van der Waals surface area contributed by atoms with Gasteiger partial charge in [-0.2, -0.15) is 11.8 Å². The minimum absolute atomic E-state index is 0.392. The van der Waals surface area contributed by atoms with Gasteiger partial charge in [0, 0.05) is 11.3 Å². The van der Waals surface area contributed by atoms with E-state index in [0.717, 1.165) is 17.9 Å². The number of thioether (sulfide) groups is 1. The van der Waals surface area contributed by atoms with Crippen LogP contribution in [0.25, 0.3) is 0 Å². The summed E-state index contributed by atoms with van der Waals surface area (Å²) in [6.07, 6.45) is 3.64. The first-order chi connectivity index (χ1) is 9.67. The van der Waals surface area contributed by atoms with E-state index in [0.29, 0.717) is 22.5 Å². The molecule has 2 atom stereocenters. The molecule has 0 radical (unpaired) electrons. The van der Waals surface area contributed by atoms with Crippen LogP contribution in [0.4, 0.5) is 11.4 Å². The highest BCUT2D eigenvalue weighted by Crippen LogP contribution is 2.34. The summed E-state index contributed by atoms with van der Waals surface area (Å²) in [5.41, 5.74) is 7.83. The second-order valence-electron chi connectivity index (χ2n) is 4.93. The molecule has 2 unspecified atom stereocenters. The van der Waals surface area contributed by atoms with Crippen molar-refractivity contribution in [2.45, 2.75) is 37.5 Å². The van der Waals surface area contributed by atoms with Gasteiger partial charge < -0.3 is 15.8 Å². The monoisotopic (exact) mass is 294 g/mol. The molecule has 2 rings (SSSR count). The maximum Gasteiger partial charge on any atom is 0.340 e. The lowest BCUT2D eigenvalue weighted by atomic mass is 10.1. The fraction of sp³-hybridized carbons (Fsp3) is 0.533. The Bertz CT molecular complexity index is 479. The van der Waals surface area contributed by atoms with Gasteiger partial charge in [0.25, 0.3) is 0 Å². The maximum atomic E-state index is 11.7. The lowest BCUT2D eigenvalue weighted by molar-refractivity contribution is 0.0602. The van der Waals surface area contributed by atoms with Crippen molar-refractivity contribution < 1.29 is 9.53 Å². The van der Waals surface area contributed by atoms with Crippen molar-refractivity contribution in [1.82, 2.24) is 0 Å². The highest BCUT2D eigenvalue weighted by Gasteiger charge is 2.27. The number of methoxy groups -OCH3 is 1. The van der Waals surface area contributed by atoms with Gasteiger partial charge in [-0.3, -0.25) is 0 Å². The number of nitrogen functional groups attached to an aromatic ring is 1. The van der Waals surface area contributed by atoms with E-state index in [-0.39, 0.29) is 0 Å². The zero-order chi connectivity index (χ0) is 14.5. The number of rotatable bonds is 5. The molecule has 110 valence electrons. The van der Waals surface area contributed by atoms with Crippen LogP contribution >= 0.6 is 11.8 Å². The molecule has 1 saturated carbocycles.